The minimum absolute atomic E-state index is 0.226. The highest BCUT2D eigenvalue weighted by molar-refractivity contribution is 7.71. The van der Waals surface area contributed by atoms with Gasteiger partial charge in [-0.3, -0.25) is 5.10 Å². The second kappa shape index (κ2) is 7.38. The zero-order chi connectivity index (χ0) is 19.0. The number of nitrogens with zero attached hydrogens (tertiary/aromatic N) is 4. The highest BCUT2D eigenvalue weighted by Crippen LogP contribution is 2.36. The van der Waals surface area contributed by atoms with Crippen molar-refractivity contribution in [3.8, 4) is 11.1 Å². The summed E-state index contributed by atoms with van der Waals surface area (Å²) in [4.78, 5) is 9.80. The van der Waals surface area contributed by atoms with Crippen molar-refractivity contribution in [3.05, 3.63) is 51.6 Å². The Bertz CT molecular complexity index is 1140. The first kappa shape index (κ1) is 18.1. The maximum absolute atomic E-state index is 6.03. The van der Waals surface area contributed by atoms with E-state index in [9.17, 15) is 0 Å². The summed E-state index contributed by atoms with van der Waals surface area (Å²) >= 11 is 12.9. The van der Waals surface area contributed by atoms with Crippen molar-refractivity contribution in [3.63, 3.8) is 0 Å². The zero-order valence-corrected chi connectivity index (χ0v) is 17.1. The fraction of sp³-hybridized carbons (Fsp3) is 0.222. The molecule has 0 unspecified atom stereocenters. The molecule has 0 aliphatic rings. The van der Waals surface area contributed by atoms with Gasteiger partial charge in [0, 0.05) is 22.0 Å². The number of rotatable bonds is 5. The third-order valence-corrected chi connectivity index (χ3v) is 5.66. The van der Waals surface area contributed by atoms with Gasteiger partial charge in [-0.15, -0.1) is 11.3 Å². The number of hydrogen-bond donors (Lipinski definition) is 2. The quantitative estimate of drug-likeness (QED) is 0.423. The van der Waals surface area contributed by atoms with Crippen LogP contribution >= 0.6 is 35.2 Å². The molecule has 4 aromatic rings. The molecule has 0 saturated carbocycles. The summed E-state index contributed by atoms with van der Waals surface area (Å²) in [5.41, 5.74) is 2.16. The lowest BCUT2D eigenvalue weighted by Gasteiger charge is -2.12. The van der Waals surface area contributed by atoms with E-state index in [2.05, 4.69) is 44.7 Å². The van der Waals surface area contributed by atoms with E-state index in [0.29, 0.717) is 16.3 Å². The molecule has 6 nitrogen and oxygen atoms in total. The van der Waals surface area contributed by atoms with E-state index >= 15 is 0 Å². The number of H-pyrrole nitrogens is 1. The summed E-state index contributed by atoms with van der Waals surface area (Å²) in [6, 6.07) is 8.01. The second-order valence-corrected chi connectivity index (χ2v) is 8.00. The largest absolute Gasteiger partial charge is 0.362 e. The molecule has 4 rings (SSSR count). The number of aromatic amines is 1. The number of anilines is 1. The van der Waals surface area contributed by atoms with Crippen LogP contribution in [0.15, 0.2) is 36.0 Å². The van der Waals surface area contributed by atoms with Crippen LogP contribution in [0.25, 0.3) is 21.3 Å². The van der Waals surface area contributed by atoms with Crippen molar-refractivity contribution in [1.82, 2.24) is 24.7 Å². The van der Waals surface area contributed by atoms with Crippen LogP contribution in [0.2, 0.25) is 5.02 Å². The van der Waals surface area contributed by atoms with E-state index in [1.165, 1.54) is 0 Å². The Morgan fingerprint density at radius 1 is 1.26 bits per heavy atom. The average Bonchev–Trinajstić information content (AvgIpc) is 3.24. The molecule has 0 aliphatic carbocycles. The van der Waals surface area contributed by atoms with Crippen molar-refractivity contribution in [2.75, 3.05) is 5.32 Å². The summed E-state index contributed by atoms with van der Waals surface area (Å²) in [5, 5.41) is 14.4. The summed E-state index contributed by atoms with van der Waals surface area (Å²) in [6.07, 6.45) is 1.58. The number of fused-ring (bicyclic) bond motifs is 1. The summed E-state index contributed by atoms with van der Waals surface area (Å²) in [7, 11) is 0. The molecule has 0 atom stereocenters. The van der Waals surface area contributed by atoms with Crippen LogP contribution in [0.5, 0.6) is 0 Å². The molecule has 0 aliphatic heterocycles. The van der Waals surface area contributed by atoms with Crippen molar-refractivity contribution in [1.29, 1.82) is 0 Å². The van der Waals surface area contributed by atoms with Crippen molar-refractivity contribution in [2.45, 2.75) is 26.4 Å². The van der Waals surface area contributed by atoms with Gasteiger partial charge in [0.25, 0.3) is 0 Å². The predicted octanol–water partition coefficient (Wildman–Crippen LogP) is 5.46. The molecule has 0 radical (unpaired) electrons. The van der Waals surface area contributed by atoms with Gasteiger partial charge in [0.2, 0.25) is 0 Å². The zero-order valence-electron chi connectivity index (χ0n) is 14.7. The van der Waals surface area contributed by atoms with Gasteiger partial charge >= 0.3 is 0 Å². The maximum Gasteiger partial charge on any atom is 0.195 e. The SMILES string of the molecule is CC(C)n1c(CNc2ncnc3scc(-c4ccc(Cl)cc4)c23)n[nH]c1=S. The molecule has 0 amide bonds. The van der Waals surface area contributed by atoms with Crippen molar-refractivity contribution in [2.24, 2.45) is 0 Å². The molecule has 1 aromatic carbocycles. The normalized spacial score (nSPS) is 11.4. The smallest absolute Gasteiger partial charge is 0.195 e. The van der Waals surface area contributed by atoms with Gasteiger partial charge in [-0.05, 0) is 43.8 Å². The molecular formula is C18H17ClN6S2. The molecule has 2 N–H and O–H groups in total. The topological polar surface area (TPSA) is 71.4 Å². The van der Waals surface area contributed by atoms with Gasteiger partial charge in [0.1, 0.15) is 17.0 Å². The molecule has 9 heteroatoms. The first-order chi connectivity index (χ1) is 13.0. The maximum atomic E-state index is 6.03. The molecule has 138 valence electrons. The van der Waals surface area contributed by atoms with Crippen LogP contribution in [-0.4, -0.2) is 24.7 Å². The van der Waals surface area contributed by atoms with Gasteiger partial charge in [0.05, 0.1) is 11.9 Å². The number of benzene rings is 1. The number of thiophene rings is 1. The van der Waals surface area contributed by atoms with E-state index < -0.39 is 0 Å². The highest BCUT2D eigenvalue weighted by Gasteiger charge is 2.15. The summed E-state index contributed by atoms with van der Waals surface area (Å²) in [5.74, 6) is 1.61. The van der Waals surface area contributed by atoms with E-state index in [4.69, 9.17) is 23.8 Å². The number of halogens is 1. The van der Waals surface area contributed by atoms with Crippen LogP contribution in [0.4, 0.5) is 5.82 Å². The summed E-state index contributed by atoms with van der Waals surface area (Å²) in [6.45, 7) is 4.66. The monoisotopic (exact) mass is 416 g/mol. The standard InChI is InChI=1S/C18H17ClN6S2/c1-10(2)25-14(23-24-18(25)26)7-20-16-15-13(8-27-17(15)22-9-21-16)11-3-5-12(19)6-4-11/h3-6,8-10H,7H2,1-2H3,(H,24,26)(H,20,21,22). The van der Waals surface area contributed by atoms with Crippen LogP contribution in [0.1, 0.15) is 25.7 Å². The van der Waals surface area contributed by atoms with Gasteiger partial charge in [-0.1, -0.05) is 23.7 Å². The van der Waals surface area contributed by atoms with Crippen molar-refractivity contribution < 1.29 is 0 Å². The average molecular weight is 417 g/mol. The molecule has 3 heterocycles. The van der Waals surface area contributed by atoms with E-state index in [0.717, 1.165) is 33.0 Å². The highest BCUT2D eigenvalue weighted by atomic mass is 35.5. The lowest BCUT2D eigenvalue weighted by Crippen LogP contribution is -2.11. The molecule has 0 bridgehead atoms. The number of hydrogen-bond acceptors (Lipinski definition) is 6. The molecule has 0 saturated heterocycles. The minimum atomic E-state index is 0.226. The van der Waals surface area contributed by atoms with E-state index in [1.54, 1.807) is 17.7 Å². The molecule has 0 spiro atoms. The molecular weight excluding hydrogens is 400 g/mol. The number of aromatic nitrogens is 5. The first-order valence-corrected chi connectivity index (χ1v) is 10.1. The fourth-order valence-corrected chi connectivity index (χ4v) is 4.41. The Balaban J connectivity index is 1.71. The number of nitrogens with one attached hydrogen (secondary N) is 2. The predicted molar refractivity (Wildman–Crippen MR) is 113 cm³/mol. The summed E-state index contributed by atoms with van der Waals surface area (Å²) < 4.78 is 2.61. The third-order valence-electron chi connectivity index (χ3n) is 4.23. The van der Waals surface area contributed by atoms with Gasteiger partial charge in [-0.2, -0.15) is 5.10 Å². The van der Waals surface area contributed by atoms with Gasteiger partial charge in [-0.25, -0.2) is 9.97 Å². The Hall–Kier alpha value is -2.29. The molecule has 0 fully saturated rings. The van der Waals surface area contributed by atoms with E-state index in [1.807, 2.05) is 28.8 Å². The minimum Gasteiger partial charge on any atom is -0.362 e. The van der Waals surface area contributed by atoms with Crippen LogP contribution in [0.3, 0.4) is 0 Å². The first-order valence-electron chi connectivity index (χ1n) is 8.42. The fourth-order valence-electron chi connectivity index (χ4n) is 3.01. The van der Waals surface area contributed by atoms with Gasteiger partial charge < -0.3 is 9.88 Å². The van der Waals surface area contributed by atoms with Crippen LogP contribution < -0.4 is 5.32 Å². The third kappa shape index (κ3) is 3.47. The van der Waals surface area contributed by atoms with Gasteiger partial charge in [0.15, 0.2) is 10.6 Å². The Morgan fingerprint density at radius 2 is 2.04 bits per heavy atom. The lowest BCUT2D eigenvalue weighted by atomic mass is 10.1. The Kier molecular flexibility index (Phi) is 4.94. The van der Waals surface area contributed by atoms with Crippen molar-refractivity contribution >= 4 is 51.2 Å². The van der Waals surface area contributed by atoms with E-state index in [-0.39, 0.29) is 6.04 Å². The lowest BCUT2D eigenvalue weighted by molar-refractivity contribution is 0.566. The second-order valence-electron chi connectivity index (χ2n) is 6.32. The Labute approximate surface area is 170 Å². The molecule has 3 aromatic heterocycles. The molecule has 27 heavy (non-hydrogen) atoms. The van der Waals surface area contributed by atoms with Crippen LogP contribution in [-0.2, 0) is 6.54 Å². The Morgan fingerprint density at radius 3 is 2.78 bits per heavy atom. The van der Waals surface area contributed by atoms with Crippen LogP contribution in [0, 0.1) is 4.77 Å².